The number of piperidine rings is 1. The molecule has 1 aliphatic heterocycles. The molecular formula is C25H27FN4O3. The average Bonchev–Trinajstić information content (AvgIpc) is 2.87. The number of ether oxygens (including phenoxy) is 2. The minimum absolute atomic E-state index is 0.0102. The first-order chi connectivity index (χ1) is 16.1. The summed E-state index contributed by atoms with van der Waals surface area (Å²) in [6, 6.07) is 13.6. The molecule has 0 saturated carbocycles. The number of nitrogens with zero attached hydrogens (tertiary/aromatic N) is 3. The van der Waals surface area contributed by atoms with Gasteiger partial charge in [-0.25, -0.2) is 14.4 Å². The third-order valence-corrected chi connectivity index (χ3v) is 5.78. The largest absolute Gasteiger partial charge is 0.497 e. The molecule has 33 heavy (non-hydrogen) atoms. The zero-order valence-corrected chi connectivity index (χ0v) is 18.8. The van der Waals surface area contributed by atoms with Crippen LogP contribution in [0.15, 0.2) is 54.7 Å². The summed E-state index contributed by atoms with van der Waals surface area (Å²) in [5, 5.41) is 3.03. The Morgan fingerprint density at radius 3 is 2.85 bits per heavy atom. The van der Waals surface area contributed by atoms with Crippen LogP contribution in [0, 0.1) is 11.7 Å². The molecule has 0 aliphatic carbocycles. The van der Waals surface area contributed by atoms with Gasteiger partial charge in [-0.2, -0.15) is 0 Å². The van der Waals surface area contributed by atoms with Gasteiger partial charge in [-0.15, -0.1) is 0 Å². The number of aromatic nitrogens is 2. The van der Waals surface area contributed by atoms with Crippen molar-refractivity contribution in [3.63, 3.8) is 0 Å². The van der Waals surface area contributed by atoms with Crippen LogP contribution < -0.4 is 19.7 Å². The van der Waals surface area contributed by atoms with Crippen molar-refractivity contribution >= 4 is 11.7 Å². The van der Waals surface area contributed by atoms with Crippen LogP contribution in [0.3, 0.4) is 0 Å². The summed E-state index contributed by atoms with van der Waals surface area (Å²) in [4.78, 5) is 23.9. The lowest BCUT2D eigenvalue weighted by Gasteiger charge is -2.33. The number of hydrogen-bond acceptors (Lipinski definition) is 6. The summed E-state index contributed by atoms with van der Waals surface area (Å²) in [5.74, 6) is 2.10. The summed E-state index contributed by atoms with van der Waals surface area (Å²) in [6.45, 7) is 1.71. The van der Waals surface area contributed by atoms with Crippen molar-refractivity contribution in [2.24, 2.45) is 5.92 Å². The van der Waals surface area contributed by atoms with Gasteiger partial charge in [0.2, 0.25) is 5.91 Å². The first kappa shape index (κ1) is 22.5. The number of hydrogen-bond donors (Lipinski definition) is 1. The number of amides is 1. The number of carbonyl (C=O) groups excluding carboxylic acids is 1. The Balaban J connectivity index is 1.43. The normalized spacial score (nSPS) is 15.7. The SMILES string of the molecule is COc1ccc(OC)c(CNC(=O)[C@@H]2CCCN(c3ccnc(-c4cccc(F)c4)n3)C2)c1. The summed E-state index contributed by atoms with van der Waals surface area (Å²) in [5.41, 5.74) is 1.48. The van der Waals surface area contributed by atoms with Gasteiger partial charge in [0.05, 0.1) is 20.1 Å². The zero-order valence-electron chi connectivity index (χ0n) is 18.8. The molecule has 0 radical (unpaired) electrons. The second-order valence-corrected chi connectivity index (χ2v) is 7.93. The number of rotatable bonds is 7. The summed E-state index contributed by atoms with van der Waals surface area (Å²) in [7, 11) is 3.21. The van der Waals surface area contributed by atoms with Crippen LogP contribution in [-0.2, 0) is 11.3 Å². The third kappa shape index (κ3) is 5.39. The Morgan fingerprint density at radius 1 is 1.18 bits per heavy atom. The molecule has 172 valence electrons. The van der Waals surface area contributed by atoms with Crippen molar-refractivity contribution in [2.45, 2.75) is 19.4 Å². The Morgan fingerprint density at radius 2 is 2.06 bits per heavy atom. The fourth-order valence-electron chi connectivity index (χ4n) is 4.04. The maximum Gasteiger partial charge on any atom is 0.225 e. The van der Waals surface area contributed by atoms with Crippen molar-refractivity contribution in [3.8, 4) is 22.9 Å². The van der Waals surface area contributed by atoms with Crippen LogP contribution in [0.4, 0.5) is 10.2 Å². The average molecular weight is 451 g/mol. The quantitative estimate of drug-likeness (QED) is 0.590. The number of halogens is 1. The smallest absolute Gasteiger partial charge is 0.225 e. The van der Waals surface area contributed by atoms with Crippen molar-refractivity contribution in [3.05, 3.63) is 66.1 Å². The molecule has 1 aromatic heterocycles. The first-order valence-electron chi connectivity index (χ1n) is 10.9. The van der Waals surface area contributed by atoms with Crippen molar-refractivity contribution < 1.29 is 18.7 Å². The lowest BCUT2D eigenvalue weighted by atomic mass is 9.97. The highest BCUT2D eigenvalue weighted by molar-refractivity contribution is 5.79. The maximum absolute atomic E-state index is 13.6. The van der Waals surface area contributed by atoms with Crippen LogP contribution in [0.25, 0.3) is 11.4 Å². The van der Waals surface area contributed by atoms with E-state index in [1.54, 1.807) is 32.5 Å². The van der Waals surface area contributed by atoms with Crippen molar-refractivity contribution in [1.82, 2.24) is 15.3 Å². The van der Waals surface area contributed by atoms with Crippen molar-refractivity contribution in [2.75, 3.05) is 32.2 Å². The van der Waals surface area contributed by atoms with E-state index < -0.39 is 0 Å². The van der Waals surface area contributed by atoms with Crippen molar-refractivity contribution in [1.29, 1.82) is 0 Å². The van der Waals surface area contributed by atoms with E-state index in [1.165, 1.54) is 12.1 Å². The van der Waals surface area contributed by atoms with Crippen LogP contribution >= 0.6 is 0 Å². The zero-order chi connectivity index (χ0) is 23.2. The predicted molar refractivity (Wildman–Crippen MR) is 124 cm³/mol. The highest BCUT2D eigenvalue weighted by atomic mass is 19.1. The first-order valence-corrected chi connectivity index (χ1v) is 10.9. The molecule has 1 fully saturated rings. The highest BCUT2D eigenvalue weighted by Gasteiger charge is 2.27. The van der Waals surface area contributed by atoms with Gasteiger partial charge in [0, 0.05) is 37.0 Å². The minimum Gasteiger partial charge on any atom is -0.497 e. The summed E-state index contributed by atoms with van der Waals surface area (Å²) >= 11 is 0. The molecule has 0 bridgehead atoms. The Bertz CT molecular complexity index is 1120. The number of methoxy groups -OCH3 is 2. The van der Waals surface area contributed by atoms with E-state index in [4.69, 9.17) is 9.47 Å². The Labute approximate surface area is 192 Å². The molecule has 7 nitrogen and oxygen atoms in total. The van der Waals surface area contributed by atoms with Gasteiger partial charge < -0.3 is 19.7 Å². The van der Waals surface area contributed by atoms with Crippen LogP contribution in [-0.4, -0.2) is 43.2 Å². The summed E-state index contributed by atoms with van der Waals surface area (Å²) in [6.07, 6.45) is 3.35. The Hall–Kier alpha value is -3.68. The van der Waals surface area contributed by atoms with E-state index in [0.29, 0.717) is 36.0 Å². The van der Waals surface area contributed by atoms with Gasteiger partial charge in [0.15, 0.2) is 5.82 Å². The predicted octanol–water partition coefficient (Wildman–Crippen LogP) is 3.83. The number of benzene rings is 2. The van der Waals surface area contributed by atoms with Gasteiger partial charge >= 0.3 is 0 Å². The second kappa shape index (κ2) is 10.3. The maximum atomic E-state index is 13.6. The fraction of sp³-hybridized carbons (Fsp3) is 0.320. The number of carbonyl (C=O) groups is 1. The van der Waals surface area contributed by atoms with Gasteiger partial charge in [-0.05, 0) is 49.2 Å². The summed E-state index contributed by atoms with van der Waals surface area (Å²) < 4.78 is 24.3. The molecule has 2 aromatic carbocycles. The monoisotopic (exact) mass is 450 g/mol. The van der Waals surface area contributed by atoms with E-state index in [2.05, 4.69) is 20.2 Å². The molecule has 8 heteroatoms. The van der Waals surface area contributed by atoms with Gasteiger partial charge in [0.1, 0.15) is 23.1 Å². The molecule has 3 aromatic rings. The topological polar surface area (TPSA) is 76.6 Å². The molecule has 2 heterocycles. The number of nitrogens with one attached hydrogen (secondary N) is 1. The van der Waals surface area contributed by atoms with E-state index >= 15 is 0 Å². The third-order valence-electron chi connectivity index (χ3n) is 5.78. The lowest BCUT2D eigenvalue weighted by Crippen LogP contribution is -2.43. The minimum atomic E-state index is -0.330. The second-order valence-electron chi connectivity index (χ2n) is 7.93. The molecule has 0 unspecified atom stereocenters. The van der Waals surface area contributed by atoms with Gasteiger partial charge in [-0.1, -0.05) is 12.1 Å². The van der Waals surface area contributed by atoms with E-state index in [-0.39, 0.29) is 17.6 Å². The highest BCUT2D eigenvalue weighted by Crippen LogP contribution is 2.26. The molecule has 1 atom stereocenters. The molecule has 1 aliphatic rings. The molecule has 4 rings (SSSR count). The molecular weight excluding hydrogens is 423 g/mol. The van der Waals surface area contributed by atoms with Crippen LogP contribution in [0.2, 0.25) is 0 Å². The molecule has 1 N–H and O–H groups in total. The Kier molecular flexibility index (Phi) is 7.02. The molecule has 1 amide bonds. The fourth-order valence-corrected chi connectivity index (χ4v) is 4.04. The van der Waals surface area contributed by atoms with E-state index in [1.807, 2.05) is 24.3 Å². The lowest BCUT2D eigenvalue weighted by molar-refractivity contribution is -0.125. The number of anilines is 1. The van der Waals surface area contributed by atoms with Crippen LogP contribution in [0.1, 0.15) is 18.4 Å². The van der Waals surface area contributed by atoms with E-state index in [0.717, 1.165) is 30.8 Å². The molecule has 1 saturated heterocycles. The van der Waals surface area contributed by atoms with Gasteiger partial charge in [-0.3, -0.25) is 4.79 Å². The van der Waals surface area contributed by atoms with Crippen LogP contribution in [0.5, 0.6) is 11.5 Å². The standard InChI is InChI=1S/C25H27FN4O3/c1-32-21-8-9-22(33-2)19(14-21)15-28-25(31)18-6-4-12-30(16-18)23-10-11-27-24(29-23)17-5-3-7-20(26)13-17/h3,5,7-11,13-14,18H,4,6,12,15-16H2,1-2H3,(H,28,31)/t18-/m1/s1. The molecule has 0 spiro atoms. The van der Waals surface area contributed by atoms with Gasteiger partial charge in [0.25, 0.3) is 0 Å². The van der Waals surface area contributed by atoms with E-state index in [9.17, 15) is 9.18 Å².